The van der Waals surface area contributed by atoms with Crippen LogP contribution in [0.5, 0.6) is 0 Å². The molecule has 7 heteroatoms. The molecule has 0 radical (unpaired) electrons. The van der Waals surface area contributed by atoms with Gasteiger partial charge in [-0.2, -0.15) is 0 Å². The van der Waals surface area contributed by atoms with E-state index in [1.165, 1.54) is 14.0 Å². The first kappa shape index (κ1) is 25.3. The highest BCUT2D eigenvalue weighted by Gasteiger charge is 2.30. The highest BCUT2D eigenvalue weighted by atomic mass is 16.7. The van der Waals surface area contributed by atoms with Gasteiger partial charge in [-0.1, -0.05) is 44.2 Å². The van der Waals surface area contributed by atoms with E-state index in [0.29, 0.717) is 31.9 Å². The third-order valence-corrected chi connectivity index (χ3v) is 5.36. The lowest BCUT2D eigenvalue weighted by atomic mass is 9.99. The molecule has 1 fully saturated rings. The number of amides is 1. The third-order valence-electron chi connectivity index (χ3n) is 5.36. The summed E-state index contributed by atoms with van der Waals surface area (Å²) < 4.78 is 17.1. The summed E-state index contributed by atoms with van der Waals surface area (Å²) in [5.74, 6) is -0.0839. The second-order valence-corrected chi connectivity index (χ2v) is 8.58. The zero-order valence-corrected chi connectivity index (χ0v) is 19.3. The van der Waals surface area contributed by atoms with Gasteiger partial charge in [0.2, 0.25) is 5.91 Å². The van der Waals surface area contributed by atoms with Crippen molar-refractivity contribution in [2.75, 3.05) is 20.3 Å². The Hall–Kier alpha value is -1.96. The van der Waals surface area contributed by atoms with E-state index >= 15 is 0 Å². The number of nitrogens with one attached hydrogen (secondary N) is 2. The molecule has 1 aromatic rings. The third kappa shape index (κ3) is 9.37. The minimum atomic E-state index is -0.432. The van der Waals surface area contributed by atoms with Crippen LogP contribution in [-0.2, 0) is 30.2 Å². The molecule has 2 rings (SSSR count). The van der Waals surface area contributed by atoms with Crippen molar-refractivity contribution in [3.05, 3.63) is 35.9 Å². The van der Waals surface area contributed by atoms with Crippen molar-refractivity contribution >= 4 is 11.9 Å². The molecule has 4 atom stereocenters. The Morgan fingerprint density at radius 2 is 1.94 bits per heavy atom. The van der Waals surface area contributed by atoms with Gasteiger partial charge in [-0.25, -0.2) is 0 Å². The van der Waals surface area contributed by atoms with Gasteiger partial charge in [0.1, 0.15) is 6.04 Å². The Labute approximate surface area is 186 Å². The Bertz CT molecular complexity index is 661. The lowest BCUT2D eigenvalue weighted by Gasteiger charge is -2.34. The first-order valence-electron chi connectivity index (χ1n) is 11.3. The molecule has 7 nitrogen and oxygen atoms in total. The molecule has 0 bridgehead atoms. The summed E-state index contributed by atoms with van der Waals surface area (Å²) >= 11 is 0. The van der Waals surface area contributed by atoms with Crippen molar-refractivity contribution in [3.8, 4) is 0 Å². The summed E-state index contributed by atoms with van der Waals surface area (Å²) in [6, 6.07) is 9.30. The monoisotopic (exact) mass is 434 g/mol. The van der Waals surface area contributed by atoms with E-state index in [-0.39, 0.29) is 30.3 Å². The van der Waals surface area contributed by atoms with E-state index in [1.807, 2.05) is 30.3 Å². The van der Waals surface area contributed by atoms with Gasteiger partial charge in [0.05, 0.1) is 19.3 Å². The molecule has 0 aromatic heterocycles. The summed E-state index contributed by atoms with van der Waals surface area (Å²) in [5.41, 5.74) is 1.10. The molecule has 1 heterocycles. The molecule has 0 aliphatic carbocycles. The Morgan fingerprint density at radius 1 is 1.19 bits per heavy atom. The quantitative estimate of drug-likeness (QED) is 0.492. The number of ether oxygens (including phenoxy) is 3. The lowest BCUT2D eigenvalue weighted by molar-refractivity contribution is -0.193. The number of benzene rings is 1. The SMILES string of the molecule is COC(=O)[C@H](CC(C)C)NC[C@@H](OC1CCCCO1)[C@@H](Cc1ccccc1)NC(C)=O. The summed E-state index contributed by atoms with van der Waals surface area (Å²) in [5, 5.41) is 6.37. The van der Waals surface area contributed by atoms with Gasteiger partial charge in [-0.15, -0.1) is 0 Å². The minimum Gasteiger partial charge on any atom is -0.468 e. The topological polar surface area (TPSA) is 85.9 Å². The van der Waals surface area contributed by atoms with Gasteiger partial charge < -0.3 is 24.8 Å². The number of hydrogen-bond donors (Lipinski definition) is 2. The molecular weight excluding hydrogens is 396 g/mol. The highest BCUT2D eigenvalue weighted by Crippen LogP contribution is 2.19. The van der Waals surface area contributed by atoms with Crippen molar-refractivity contribution in [3.63, 3.8) is 0 Å². The molecule has 0 saturated carbocycles. The fourth-order valence-electron chi connectivity index (χ4n) is 3.84. The summed E-state index contributed by atoms with van der Waals surface area (Å²) in [7, 11) is 1.40. The van der Waals surface area contributed by atoms with Gasteiger partial charge in [0.25, 0.3) is 0 Å². The van der Waals surface area contributed by atoms with Crippen molar-refractivity contribution in [1.82, 2.24) is 10.6 Å². The van der Waals surface area contributed by atoms with Crippen LogP contribution in [0.4, 0.5) is 0 Å². The Morgan fingerprint density at radius 3 is 2.52 bits per heavy atom. The molecule has 1 aliphatic heterocycles. The van der Waals surface area contributed by atoms with E-state index in [2.05, 4.69) is 24.5 Å². The van der Waals surface area contributed by atoms with Crippen LogP contribution in [0, 0.1) is 5.92 Å². The number of esters is 1. The molecule has 1 amide bonds. The van der Waals surface area contributed by atoms with E-state index in [4.69, 9.17) is 14.2 Å². The van der Waals surface area contributed by atoms with Crippen molar-refractivity contribution in [1.29, 1.82) is 0 Å². The fourth-order valence-corrected chi connectivity index (χ4v) is 3.84. The molecule has 1 saturated heterocycles. The molecule has 0 spiro atoms. The standard InChI is InChI=1S/C24H38N2O5/c1-17(2)14-21(24(28)29-4)25-16-22(31-23-12-8-9-13-30-23)20(26-18(3)27)15-19-10-6-5-7-11-19/h5-7,10-11,17,20-23,25H,8-9,12-16H2,1-4H3,(H,26,27)/t20-,21+,22-,23?/m1/s1. The second-order valence-electron chi connectivity index (χ2n) is 8.58. The predicted molar refractivity (Wildman–Crippen MR) is 119 cm³/mol. The maximum atomic E-state index is 12.3. The molecule has 1 aromatic carbocycles. The molecule has 1 unspecified atom stereocenters. The Kier molecular flexibility index (Phi) is 11.0. The average Bonchev–Trinajstić information content (AvgIpc) is 2.75. The van der Waals surface area contributed by atoms with E-state index in [0.717, 1.165) is 24.8 Å². The predicted octanol–water partition coefficient (Wildman–Crippen LogP) is 2.82. The number of carbonyl (C=O) groups is 2. The maximum absolute atomic E-state index is 12.3. The zero-order chi connectivity index (χ0) is 22.6. The van der Waals surface area contributed by atoms with E-state index < -0.39 is 6.04 Å². The molecular formula is C24H38N2O5. The van der Waals surface area contributed by atoms with Crippen LogP contribution in [0.1, 0.15) is 52.0 Å². The summed E-state index contributed by atoms with van der Waals surface area (Å²) in [6.07, 6.45) is 3.49. The van der Waals surface area contributed by atoms with Crippen LogP contribution in [-0.4, -0.2) is 56.6 Å². The summed E-state index contributed by atoms with van der Waals surface area (Å²) in [4.78, 5) is 24.3. The fraction of sp³-hybridized carbons (Fsp3) is 0.667. The lowest BCUT2D eigenvalue weighted by Crippen LogP contribution is -2.53. The highest BCUT2D eigenvalue weighted by molar-refractivity contribution is 5.75. The minimum absolute atomic E-state index is 0.120. The van der Waals surface area contributed by atoms with Gasteiger partial charge in [-0.05, 0) is 43.6 Å². The van der Waals surface area contributed by atoms with Crippen LogP contribution in [0.2, 0.25) is 0 Å². The van der Waals surface area contributed by atoms with Crippen molar-refractivity contribution < 1.29 is 23.8 Å². The first-order valence-corrected chi connectivity index (χ1v) is 11.3. The smallest absolute Gasteiger partial charge is 0.322 e. The average molecular weight is 435 g/mol. The molecule has 31 heavy (non-hydrogen) atoms. The van der Waals surface area contributed by atoms with Crippen LogP contribution in [0.25, 0.3) is 0 Å². The van der Waals surface area contributed by atoms with Crippen molar-refractivity contribution in [2.24, 2.45) is 5.92 Å². The van der Waals surface area contributed by atoms with Gasteiger partial charge >= 0.3 is 5.97 Å². The van der Waals surface area contributed by atoms with Crippen LogP contribution < -0.4 is 10.6 Å². The van der Waals surface area contributed by atoms with Gasteiger partial charge in [0.15, 0.2) is 6.29 Å². The number of hydrogen-bond acceptors (Lipinski definition) is 6. The Balaban J connectivity index is 2.17. The number of carbonyl (C=O) groups excluding carboxylic acids is 2. The van der Waals surface area contributed by atoms with E-state index in [9.17, 15) is 9.59 Å². The van der Waals surface area contributed by atoms with Gasteiger partial charge in [-0.3, -0.25) is 9.59 Å². The first-order chi connectivity index (χ1) is 14.9. The number of rotatable bonds is 12. The summed E-state index contributed by atoms with van der Waals surface area (Å²) in [6.45, 7) is 6.71. The van der Waals surface area contributed by atoms with Crippen LogP contribution in [0.3, 0.4) is 0 Å². The van der Waals surface area contributed by atoms with Crippen LogP contribution in [0.15, 0.2) is 30.3 Å². The maximum Gasteiger partial charge on any atom is 0.322 e. The normalized spacial score (nSPS) is 19.5. The second kappa shape index (κ2) is 13.5. The van der Waals surface area contributed by atoms with E-state index in [1.54, 1.807) is 0 Å². The number of methoxy groups -OCH3 is 1. The van der Waals surface area contributed by atoms with Crippen molar-refractivity contribution in [2.45, 2.75) is 77.4 Å². The van der Waals surface area contributed by atoms with Gasteiger partial charge in [0, 0.05) is 20.1 Å². The molecule has 1 aliphatic rings. The molecule has 174 valence electrons. The largest absolute Gasteiger partial charge is 0.468 e. The zero-order valence-electron chi connectivity index (χ0n) is 19.3. The van der Waals surface area contributed by atoms with Crippen LogP contribution >= 0.6 is 0 Å². The molecule has 2 N–H and O–H groups in total.